The number of carbonyl (C=O) groups is 1. The van der Waals surface area contributed by atoms with Gasteiger partial charge in [0.15, 0.2) is 5.17 Å². The highest BCUT2D eigenvalue weighted by molar-refractivity contribution is 8.14. The van der Waals surface area contributed by atoms with E-state index in [1.807, 2.05) is 37.3 Å². The lowest BCUT2D eigenvalue weighted by atomic mass is 10.0. The number of amidine groups is 1. The van der Waals surface area contributed by atoms with E-state index in [0.717, 1.165) is 47.2 Å². The fourth-order valence-corrected chi connectivity index (χ4v) is 4.83. The van der Waals surface area contributed by atoms with Crippen molar-refractivity contribution in [2.75, 3.05) is 17.3 Å². The Morgan fingerprint density at radius 3 is 2.52 bits per heavy atom. The standard InChI is InChI=1S/C26H30N2O2S/c1-18(2)21-11-9-20(10-12-21)16-24-25(29)28(22-13-7-19(3)8-14-22)26(27-24)31-17-23-6-4-5-15-30-23/h7-14,16,18,23H,4-6,15,17H2,1-3H3. The summed E-state index contributed by atoms with van der Waals surface area (Å²) >= 11 is 1.61. The molecule has 0 bridgehead atoms. The van der Waals surface area contributed by atoms with Gasteiger partial charge in [0.25, 0.3) is 5.91 Å². The summed E-state index contributed by atoms with van der Waals surface area (Å²) in [6.07, 6.45) is 5.53. The van der Waals surface area contributed by atoms with Crippen LogP contribution in [-0.4, -0.2) is 29.5 Å². The molecule has 2 aliphatic rings. The molecule has 31 heavy (non-hydrogen) atoms. The number of hydrogen-bond acceptors (Lipinski definition) is 4. The highest BCUT2D eigenvalue weighted by Gasteiger charge is 2.32. The second kappa shape index (κ2) is 9.84. The Labute approximate surface area is 189 Å². The van der Waals surface area contributed by atoms with Gasteiger partial charge >= 0.3 is 0 Å². The van der Waals surface area contributed by atoms with Crippen LogP contribution in [0.1, 0.15) is 55.7 Å². The van der Waals surface area contributed by atoms with Crippen molar-refractivity contribution in [2.24, 2.45) is 4.99 Å². The highest BCUT2D eigenvalue weighted by atomic mass is 32.2. The number of rotatable bonds is 5. The molecule has 2 aromatic carbocycles. The number of amides is 1. The van der Waals surface area contributed by atoms with Crippen LogP contribution in [0.2, 0.25) is 0 Å². The maximum atomic E-state index is 13.3. The molecular formula is C26H30N2O2S. The van der Waals surface area contributed by atoms with E-state index in [-0.39, 0.29) is 12.0 Å². The van der Waals surface area contributed by atoms with Gasteiger partial charge in [-0.3, -0.25) is 9.69 Å². The van der Waals surface area contributed by atoms with Crippen molar-refractivity contribution in [1.82, 2.24) is 0 Å². The summed E-state index contributed by atoms with van der Waals surface area (Å²) in [6.45, 7) is 7.23. The van der Waals surface area contributed by atoms with Crippen LogP contribution in [0.4, 0.5) is 5.69 Å². The largest absolute Gasteiger partial charge is 0.377 e. The average Bonchev–Trinajstić information content (AvgIpc) is 3.09. The maximum Gasteiger partial charge on any atom is 0.283 e. The third-order valence-corrected chi connectivity index (χ3v) is 6.77. The van der Waals surface area contributed by atoms with Crippen molar-refractivity contribution in [3.05, 3.63) is 70.9 Å². The van der Waals surface area contributed by atoms with Crippen LogP contribution in [-0.2, 0) is 9.53 Å². The molecule has 0 saturated carbocycles. The topological polar surface area (TPSA) is 41.9 Å². The number of hydrogen-bond donors (Lipinski definition) is 0. The summed E-state index contributed by atoms with van der Waals surface area (Å²) < 4.78 is 5.88. The predicted octanol–water partition coefficient (Wildman–Crippen LogP) is 6.16. The van der Waals surface area contributed by atoms with E-state index in [1.54, 1.807) is 16.7 Å². The molecule has 2 heterocycles. The Bertz CT molecular complexity index is 971. The Kier molecular flexibility index (Phi) is 6.93. The van der Waals surface area contributed by atoms with E-state index in [9.17, 15) is 4.79 Å². The predicted molar refractivity (Wildman–Crippen MR) is 131 cm³/mol. The zero-order valence-corrected chi connectivity index (χ0v) is 19.3. The summed E-state index contributed by atoms with van der Waals surface area (Å²) in [7, 11) is 0. The first-order valence-electron chi connectivity index (χ1n) is 11.1. The van der Waals surface area contributed by atoms with E-state index < -0.39 is 0 Å². The smallest absolute Gasteiger partial charge is 0.283 e. The summed E-state index contributed by atoms with van der Waals surface area (Å²) in [5, 5.41) is 0.730. The van der Waals surface area contributed by atoms with Crippen LogP contribution in [0, 0.1) is 6.92 Å². The monoisotopic (exact) mass is 434 g/mol. The molecule has 4 rings (SSSR count). The first-order chi connectivity index (χ1) is 15.0. The molecule has 1 saturated heterocycles. The SMILES string of the molecule is Cc1ccc(N2C(=O)C(=Cc3ccc(C(C)C)cc3)N=C2SCC2CCCCO2)cc1. The molecule has 0 aliphatic carbocycles. The third kappa shape index (κ3) is 5.28. The van der Waals surface area contributed by atoms with Crippen LogP contribution >= 0.6 is 11.8 Å². The molecular weight excluding hydrogens is 404 g/mol. The van der Waals surface area contributed by atoms with Gasteiger partial charge < -0.3 is 4.74 Å². The maximum absolute atomic E-state index is 13.3. The zero-order chi connectivity index (χ0) is 21.8. The number of anilines is 1. The minimum Gasteiger partial charge on any atom is -0.377 e. The fraction of sp³-hybridized carbons (Fsp3) is 0.385. The van der Waals surface area contributed by atoms with Gasteiger partial charge in [-0.05, 0) is 61.4 Å². The van der Waals surface area contributed by atoms with Gasteiger partial charge in [0.2, 0.25) is 0 Å². The molecule has 1 fully saturated rings. The van der Waals surface area contributed by atoms with Crippen LogP contribution in [0.25, 0.3) is 6.08 Å². The molecule has 5 heteroatoms. The van der Waals surface area contributed by atoms with Crippen LogP contribution < -0.4 is 4.90 Å². The van der Waals surface area contributed by atoms with E-state index in [4.69, 9.17) is 9.73 Å². The number of thioether (sulfide) groups is 1. The number of ether oxygens (including phenoxy) is 1. The van der Waals surface area contributed by atoms with Crippen molar-refractivity contribution >= 4 is 34.6 Å². The summed E-state index contributed by atoms with van der Waals surface area (Å²) in [4.78, 5) is 19.8. The lowest BCUT2D eigenvalue weighted by Gasteiger charge is -2.23. The van der Waals surface area contributed by atoms with Gasteiger partial charge in [-0.1, -0.05) is 67.6 Å². The Morgan fingerprint density at radius 1 is 1.13 bits per heavy atom. The Morgan fingerprint density at radius 2 is 1.87 bits per heavy atom. The molecule has 0 N–H and O–H groups in total. The molecule has 2 aliphatic heterocycles. The van der Waals surface area contributed by atoms with Crippen molar-refractivity contribution in [1.29, 1.82) is 0 Å². The first-order valence-corrected chi connectivity index (χ1v) is 12.1. The molecule has 1 unspecified atom stereocenters. The van der Waals surface area contributed by atoms with Crippen LogP contribution in [0.3, 0.4) is 0 Å². The summed E-state index contributed by atoms with van der Waals surface area (Å²) in [5.41, 5.74) is 4.77. The Balaban J connectivity index is 1.59. The number of benzene rings is 2. The second-order valence-corrected chi connectivity index (χ2v) is 9.51. The van der Waals surface area contributed by atoms with E-state index in [2.05, 4.69) is 38.1 Å². The van der Waals surface area contributed by atoms with Crippen LogP contribution in [0.5, 0.6) is 0 Å². The van der Waals surface area contributed by atoms with Crippen molar-refractivity contribution in [2.45, 2.75) is 52.1 Å². The quantitative estimate of drug-likeness (QED) is 0.529. The lowest BCUT2D eigenvalue weighted by Crippen LogP contribution is -2.31. The minimum absolute atomic E-state index is 0.0798. The molecule has 162 valence electrons. The number of aryl methyl sites for hydroxylation is 1. The highest BCUT2D eigenvalue weighted by Crippen LogP contribution is 2.31. The molecule has 4 nitrogen and oxygen atoms in total. The number of aliphatic imine (C=N–C) groups is 1. The van der Waals surface area contributed by atoms with Gasteiger partial charge in [-0.2, -0.15) is 0 Å². The van der Waals surface area contributed by atoms with Crippen molar-refractivity contribution in [3.8, 4) is 0 Å². The van der Waals surface area contributed by atoms with Gasteiger partial charge in [0, 0.05) is 12.4 Å². The third-order valence-electron chi connectivity index (χ3n) is 5.70. The molecule has 0 radical (unpaired) electrons. The van der Waals surface area contributed by atoms with Gasteiger partial charge in [-0.15, -0.1) is 0 Å². The normalized spacial score (nSPS) is 20.6. The van der Waals surface area contributed by atoms with Gasteiger partial charge in [0.1, 0.15) is 5.70 Å². The van der Waals surface area contributed by atoms with Crippen molar-refractivity contribution in [3.63, 3.8) is 0 Å². The molecule has 0 spiro atoms. The van der Waals surface area contributed by atoms with Gasteiger partial charge in [-0.25, -0.2) is 4.99 Å². The second-order valence-electron chi connectivity index (χ2n) is 8.52. The van der Waals surface area contributed by atoms with E-state index in [0.29, 0.717) is 11.6 Å². The molecule has 0 aromatic heterocycles. The molecule has 2 aromatic rings. The summed E-state index contributed by atoms with van der Waals surface area (Å²) in [6, 6.07) is 16.4. The Hall–Kier alpha value is -2.37. The number of carbonyl (C=O) groups excluding carboxylic acids is 1. The first kappa shape index (κ1) is 21.8. The lowest BCUT2D eigenvalue weighted by molar-refractivity contribution is -0.113. The molecule has 1 atom stereocenters. The fourth-order valence-electron chi connectivity index (χ4n) is 3.76. The van der Waals surface area contributed by atoms with E-state index >= 15 is 0 Å². The molecule has 1 amide bonds. The summed E-state index contributed by atoms with van der Waals surface area (Å²) in [5.74, 6) is 1.21. The average molecular weight is 435 g/mol. The minimum atomic E-state index is -0.0798. The van der Waals surface area contributed by atoms with Crippen molar-refractivity contribution < 1.29 is 9.53 Å². The van der Waals surface area contributed by atoms with Gasteiger partial charge in [0.05, 0.1) is 11.8 Å². The zero-order valence-electron chi connectivity index (χ0n) is 18.5. The number of nitrogens with zero attached hydrogens (tertiary/aromatic N) is 2. The van der Waals surface area contributed by atoms with Crippen LogP contribution in [0.15, 0.2) is 59.2 Å². The van der Waals surface area contributed by atoms with E-state index in [1.165, 1.54) is 12.0 Å².